The molecule has 0 bridgehead atoms. The first kappa shape index (κ1) is 18.4. The fourth-order valence-corrected chi connectivity index (χ4v) is 5.22. The Morgan fingerprint density at radius 1 is 1.19 bits per heavy atom. The van der Waals surface area contributed by atoms with Gasteiger partial charge in [-0.1, -0.05) is 19.1 Å². The van der Waals surface area contributed by atoms with Crippen LogP contribution in [0.4, 0.5) is 0 Å². The number of fused-ring (bicyclic) bond motifs is 1. The third-order valence-electron chi connectivity index (χ3n) is 4.25. The summed E-state index contributed by atoms with van der Waals surface area (Å²) < 4.78 is 3.13. The van der Waals surface area contributed by atoms with E-state index in [9.17, 15) is 4.79 Å². The lowest BCUT2D eigenvalue weighted by Gasteiger charge is -2.21. The van der Waals surface area contributed by atoms with E-state index in [1.54, 1.807) is 11.3 Å². The molecule has 0 saturated heterocycles. The van der Waals surface area contributed by atoms with Gasteiger partial charge in [0.1, 0.15) is 10.8 Å². The van der Waals surface area contributed by atoms with Gasteiger partial charge in [0.15, 0.2) is 0 Å². The van der Waals surface area contributed by atoms with Gasteiger partial charge in [0.05, 0.1) is 26.2 Å². The topological polar surface area (TPSA) is 38.1 Å². The molecule has 1 amide bonds. The first-order valence-corrected chi connectivity index (χ1v) is 11.2. The smallest absolute Gasteiger partial charge is 0.264 e. The zero-order chi connectivity index (χ0) is 18.8. The van der Waals surface area contributed by atoms with Gasteiger partial charge < -0.3 is 4.90 Å². The lowest BCUT2D eigenvalue weighted by molar-refractivity contribution is 0.0743. The molecule has 0 radical (unpaired) electrons. The Bertz CT molecular complexity index is 1070. The summed E-state index contributed by atoms with van der Waals surface area (Å²) in [6, 6.07) is 16.0. The number of hydrogen-bond acceptors (Lipinski definition) is 4. The largest absolute Gasteiger partial charge is 0.330 e. The first-order valence-electron chi connectivity index (χ1n) is 8.72. The van der Waals surface area contributed by atoms with Gasteiger partial charge >= 0.3 is 0 Å². The Balaban J connectivity index is 1.74. The molecule has 0 fully saturated rings. The number of hydrogen-bond donors (Lipinski definition) is 0. The number of imidazole rings is 1. The Hall–Kier alpha value is -1.96. The molecule has 0 unspecified atom stereocenters. The van der Waals surface area contributed by atoms with Crippen LogP contribution in [0.15, 0.2) is 57.7 Å². The van der Waals surface area contributed by atoms with Crippen LogP contribution in [0.3, 0.4) is 0 Å². The zero-order valence-electron chi connectivity index (χ0n) is 14.8. The fraction of sp³-hybridized carbons (Fsp3) is 0.200. The number of carbonyl (C=O) groups excluding carboxylic acids is 1. The number of amides is 1. The maximum Gasteiger partial charge on any atom is 0.264 e. The van der Waals surface area contributed by atoms with Gasteiger partial charge in [0, 0.05) is 6.54 Å². The van der Waals surface area contributed by atoms with Crippen LogP contribution in [0.25, 0.3) is 16.0 Å². The molecule has 3 aromatic heterocycles. The molecule has 0 aliphatic heterocycles. The number of nitrogens with zero attached hydrogens (tertiary/aromatic N) is 3. The highest BCUT2D eigenvalue weighted by atomic mass is 79.9. The molecule has 4 nitrogen and oxygen atoms in total. The van der Waals surface area contributed by atoms with Crippen LogP contribution in [0.2, 0.25) is 0 Å². The van der Waals surface area contributed by atoms with E-state index in [-0.39, 0.29) is 5.91 Å². The number of thiophene rings is 2. The summed E-state index contributed by atoms with van der Waals surface area (Å²) >= 11 is 6.59. The van der Waals surface area contributed by atoms with Crippen LogP contribution in [0.1, 0.15) is 28.8 Å². The molecule has 27 heavy (non-hydrogen) atoms. The van der Waals surface area contributed by atoms with Crippen LogP contribution in [0, 0.1) is 0 Å². The molecule has 0 aliphatic carbocycles. The monoisotopic (exact) mass is 459 g/mol. The van der Waals surface area contributed by atoms with Crippen LogP contribution in [0.5, 0.6) is 0 Å². The van der Waals surface area contributed by atoms with Crippen LogP contribution >= 0.6 is 38.6 Å². The number of benzene rings is 1. The Morgan fingerprint density at radius 2 is 2.04 bits per heavy atom. The van der Waals surface area contributed by atoms with Gasteiger partial charge in [-0.15, -0.1) is 22.7 Å². The minimum atomic E-state index is 0.0531. The van der Waals surface area contributed by atoms with E-state index in [0.29, 0.717) is 13.1 Å². The molecule has 0 N–H and O–H groups in total. The second kappa shape index (κ2) is 7.96. The molecular formula is C20H18BrN3OS2. The van der Waals surface area contributed by atoms with Crippen molar-refractivity contribution in [3.8, 4) is 5.00 Å². The molecule has 0 aliphatic rings. The van der Waals surface area contributed by atoms with Crippen LogP contribution in [-0.2, 0) is 6.54 Å². The van der Waals surface area contributed by atoms with Gasteiger partial charge in [-0.3, -0.25) is 9.36 Å². The highest BCUT2D eigenvalue weighted by Gasteiger charge is 2.21. The summed E-state index contributed by atoms with van der Waals surface area (Å²) in [6.07, 6.45) is 0.900. The standard InChI is InChI=1S/C20H18BrN3OS2/c1-2-11-23(20(25)16-9-10-17(21)27-16)13-18-22-14-6-3-4-7-15(14)24(18)19-8-5-12-26-19/h3-10,12H,2,11,13H2,1H3. The zero-order valence-corrected chi connectivity index (χ0v) is 18.0. The molecule has 0 spiro atoms. The quantitative estimate of drug-likeness (QED) is 0.356. The van der Waals surface area contributed by atoms with Gasteiger partial charge in [-0.2, -0.15) is 0 Å². The summed E-state index contributed by atoms with van der Waals surface area (Å²) in [5, 5.41) is 3.17. The van der Waals surface area contributed by atoms with E-state index in [1.807, 2.05) is 41.3 Å². The third kappa shape index (κ3) is 3.72. The number of carbonyl (C=O) groups is 1. The van der Waals surface area contributed by atoms with Crippen molar-refractivity contribution in [3.63, 3.8) is 0 Å². The second-order valence-electron chi connectivity index (χ2n) is 6.13. The molecule has 1 aromatic carbocycles. The van der Waals surface area contributed by atoms with Crippen molar-refractivity contribution in [3.05, 3.63) is 68.4 Å². The summed E-state index contributed by atoms with van der Waals surface area (Å²) in [4.78, 5) is 20.5. The number of aromatic nitrogens is 2. The average Bonchev–Trinajstić information content (AvgIpc) is 3.39. The third-order valence-corrected chi connectivity index (χ3v) is 6.72. The molecule has 138 valence electrons. The number of halogens is 1. The predicted molar refractivity (Wildman–Crippen MR) is 116 cm³/mol. The van der Waals surface area contributed by atoms with Crippen molar-refractivity contribution >= 4 is 55.5 Å². The SMILES string of the molecule is CCCN(Cc1nc2ccccc2n1-c1cccs1)C(=O)c1ccc(Br)s1. The van der Waals surface area contributed by atoms with Crippen molar-refractivity contribution in [1.29, 1.82) is 0 Å². The number of para-hydroxylation sites is 2. The van der Waals surface area contributed by atoms with Crippen LogP contribution < -0.4 is 0 Å². The molecule has 4 rings (SSSR count). The van der Waals surface area contributed by atoms with E-state index < -0.39 is 0 Å². The van der Waals surface area contributed by atoms with E-state index in [2.05, 4.69) is 44.9 Å². The van der Waals surface area contributed by atoms with Crippen molar-refractivity contribution in [1.82, 2.24) is 14.5 Å². The lowest BCUT2D eigenvalue weighted by atomic mass is 10.3. The van der Waals surface area contributed by atoms with Gasteiger partial charge in [0.2, 0.25) is 0 Å². The molecule has 0 atom stereocenters. The molecule has 7 heteroatoms. The second-order valence-corrected chi connectivity index (χ2v) is 9.52. The summed E-state index contributed by atoms with van der Waals surface area (Å²) in [5.74, 6) is 0.938. The maximum absolute atomic E-state index is 13.0. The Labute approximate surface area is 174 Å². The summed E-state index contributed by atoms with van der Waals surface area (Å²) in [5.41, 5.74) is 2.02. The number of rotatable bonds is 6. The molecule has 3 heterocycles. The molecule has 4 aromatic rings. The van der Waals surface area contributed by atoms with E-state index in [0.717, 1.165) is 36.9 Å². The maximum atomic E-state index is 13.0. The van der Waals surface area contributed by atoms with Gasteiger partial charge in [0.25, 0.3) is 5.91 Å². The minimum Gasteiger partial charge on any atom is -0.330 e. The fourth-order valence-electron chi connectivity index (χ4n) is 3.10. The first-order chi connectivity index (χ1) is 13.2. The summed E-state index contributed by atoms with van der Waals surface area (Å²) in [6.45, 7) is 3.27. The van der Waals surface area contributed by atoms with E-state index in [1.165, 1.54) is 11.3 Å². The van der Waals surface area contributed by atoms with Crippen molar-refractivity contribution in [2.45, 2.75) is 19.9 Å². The highest BCUT2D eigenvalue weighted by Crippen LogP contribution is 2.27. The predicted octanol–water partition coefficient (Wildman–Crippen LogP) is 5.96. The Kier molecular flexibility index (Phi) is 5.43. The van der Waals surface area contributed by atoms with Crippen molar-refractivity contribution in [2.24, 2.45) is 0 Å². The lowest BCUT2D eigenvalue weighted by Crippen LogP contribution is -2.31. The normalized spacial score (nSPS) is 11.2. The molecule has 0 saturated carbocycles. The van der Waals surface area contributed by atoms with Crippen LogP contribution in [-0.4, -0.2) is 26.9 Å². The Morgan fingerprint density at radius 3 is 2.74 bits per heavy atom. The van der Waals surface area contributed by atoms with Crippen molar-refractivity contribution in [2.75, 3.05) is 6.54 Å². The highest BCUT2D eigenvalue weighted by molar-refractivity contribution is 9.11. The summed E-state index contributed by atoms with van der Waals surface area (Å²) in [7, 11) is 0. The van der Waals surface area contributed by atoms with Crippen molar-refractivity contribution < 1.29 is 4.79 Å². The molecular weight excluding hydrogens is 442 g/mol. The van der Waals surface area contributed by atoms with Gasteiger partial charge in [-0.25, -0.2) is 4.98 Å². The minimum absolute atomic E-state index is 0.0531. The van der Waals surface area contributed by atoms with E-state index >= 15 is 0 Å². The average molecular weight is 460 g/mol. The van der Waals surface area contributed by atoms with E-state index in [4.69, 9.17) is 4.98 Å². The van der Waals surface area contributed by atoms with Gasteiger partial charge in [-0.05, 0) is 64.1 Å².